The standard InChI is InChI=1S/C22H23Cl3N2O3/c1-22(2,3)30-21(29)27-11-16(14-6-9-17(24)18(25)10-14)19(12-27)26-20(28)13-4-7-15(23)8-5-13/h4-10,16,19H,11-12H2,1-3H3,(H,26,28)/t16-,19-/m1/s1. The van der Waals surface area contributed by atoms with Crippen molar-refractivity contribution in [3.05, 3.63) is 68.7 Å². The van der Waals surface area contributed by atoms with Crippen molar-refractivity contribution in [3.63, 3.8) is 0 Å². The second-order valence-corrected chi connectivity index (χ2v) is 9.50. The summed E-state index contributed by atoms with van der Waals surface area (Å²) >= 11 is 18.2. The van der Waals surface area contributed by atoms with E-state index in [0.717, 1.165) is 5.56 Å². The van der Waals surface area contributed by atoms with Crippen molar-refractivity contribution in [2.45, 2.75) is 38.3 Å². The Morgan fingerprint density at radius 2 is 1.67 bits per heavy atom. The van der Waals surface area contributed by atoms with Gasteiger partial charge in [0, 0.05) is 29.6 Å². The molecule has 1 aliphatic rings. The fourth-order valence-electron chi connectivity index (χ4n) is 3.36. The Bertz CT molecular complexity index is 942. The van der Waals surface area contributed by atoms with Gasteiger partial charge in [-0.05, 0) is 62.7 Å². The van der Waals surface area contributed by atoms with Crippen LogP contribution in [0.2, 0.25) is 15.1 Å². The third-order valence-corrected chi connectivity index (χ3v) is 5.76. The largest absolute Gasteiger partial charge is 0.444 e. The van der Waals surface area contributed by atoms with Crippen LogP contribution in [0.1, 0.15) is 42.6 Å². The topological polar surface area (TPSA) is 58.6 Å². The molecule has 5 nitrogen and oxygen atoms in total. The second-order valence-electron chi connectivity index (χ2n) is 8.25. The molecule has 160 valence electrons. The third-order valence-electron chi connectivity index (χ3n) is 4.77. The van der Waals surface area contributed by atoms with Crippen LogP contribution in [0.15, 0.2) is 42.5 Å². The zero-order valence-electron chi connectivity index (χ0n) is 16.9. The first-order valence-corrected chi connectivity index (χ1v) is 10.7. The van der Waals surface area contributed by atoms with Gasteiger partial charge in [0.15, 0.2) is 0 Å². The molecule has 2 amide bonds. The zero-order valence-corrected chi connectivity index (χ0v) is 19.2. The summed E-state index contributed by atoms with van der Waals surface area (Å²) in [5, 5.41) is 4.46. The molecule has 2 aromatic rings. The highest BCUT2D eigenvalue weighted by Crippen LogP contribution is 2.33. The molecule has 0 unspecified atom stereocenters. The Morgan fingerprint density at radius 1 is 1.00 bits per heavy atom. The molecule has 1 fully saturated rings. The minimum atomic E-state index is -0.610. The van der Waals surface area contributed by atoms with E-state index >= 15 is 0 Å². The molecule has 0 spiro atoms. The third kappa shape index (κ3) is 5.60. The van der Waals surface area contributed by atoms with E-state index < -0.39 is 11.7 Å². The van der Waals surface area contributed by atoms with E-state index in [1.165, 1.54) is 0 Å². The van der Waals surface area contributed by atoms with E-state index in [2.05, 4.69) is 5.32 Å². The molecule has 0 aliphatic carbocycles. The molecule has 1 heterocycles. The van der Waals surface area contributed by atoms with Gasteiger partial charge in [-0.3, -0.25) is 4.79 Å². The lowest BCUT2D eigenvalue weighted by atomic mass is 9.94. The molecule has 0 saturated carbocycles. The van der Waals surface area contributed by atoms with Gasteiger partial charge in [-0.15, -0.1) is 0 Å². The average Bonchev–Trinajstić information content (AvgIpc) is 3.07. The Balaban J connectivity index is 1.84. The molecule has 0 radical (unpaired) electrons. The molecule has 1 N–H and O–H groups in total. The first-order valence-electron chi connectivity index (χ1n) is 9.53. The van der Waals surface area contributed by atoms with Crippen LogP contribution in [0.5, 0.6) is 0 Å². The van der Waals surface area contributed by atoms with Crippen LogP contribution in [0.25, 0.3) is 0 Å². The van der Waals surface area contributed by atoms with Crippen LogP contribution >= 0.6 is 34.8 Å². The van der Waals surface area contributed by atoms with Crippen molar-refractivity contribution in [3.8, 4) is 0 Å². The van der Waals surface area contributed by atoms with E-state index in [4.69, 9.17) is 39.5 Å². The maximum absolute atomic E-state index is 12.8. The fourth-order valence-corrected chi connectivity index (χ4v) is 3.79. The number of rotatable bonds is 3. The van der Waals surface area contributed by atoms with Crippen molar-refractivity contribution in [1.82, 2.24) is 10.2 Å². The Kier molecular flexibility index (Phi) is 6.85. The number of carbonyl (C=O) groups is 2. The summed E-state index contributed by atoms with van der Waals surface area (Å²) in [6.07, 6.45) is -0.421. The van der Waals surface area contributed by atoms with Gasteiger partial charge in [0.2, 0.25) is 0 Å². The summed E-state index contributed by atoms with van der Waals surface area (Å²) in [7, 11) is 0. The summed E-state index contributed by atoms with van der Waals surface area (Å²) in [6, 6.07) is 11.7. The smallest absolute Gasteiger partial charge is 0.410 e. The fraction of sp³-hybridized carbons (Fsp3) is 0.364. The van der Waals surface area contributed by atoms with Crippen LogP contribution in [0, 0.1) is 0 Å². The highest BCUT2D eigenvalue weighted by atomic mass is 35.5. The lowest BCUT2D eigenvalue weighted by molar-refractivity contribution is 0.0288. The molecular weight excluding hydrogens is 447 g/mol. The number of hydrogen-bond acceptors (Lipinski definition) is 3. The summed E-state index contributed by atoms with van der Waals surface area (Å²) in [5.41, 5.74) is 0.765. The van der Waals surface area contributed by atoms with Crippen molar-refractivity contribution in [2.24, 2.45) is 0 Å². The van der Waals surface area contributed by atoms with E-state index in [-0.39, 0.29) is 17.9 Å². The van der Waals surface area contributed by atoms with Gasteiger partial charge in [0.05, 0.1) is 16.1 Å². The summed E-state index contributed by atoms with van der Waals surface area (Å²) in [4.78, 5) is 27.0. The number of nitrogens with zero attached hydrogens (tertiary/aromatic N) is 1. The van der Waals surface area contributed by atoms with Crippen molar-refractivity contribution in [2.75, 3.05) is 13.1 Å². The number of benzene rings is 2. The monoisotopic (exact) mass is 468 g/mol. The highest BCUT2D eigenvalue weighted by molar-refractivity contribution is 6.42. The van der Waals surface area contributed by atoms with Gasteiger partial charge >= 0.3 is 6.09 Å². The minimum absolute atomic E-state index is 0.163. The van der Waals surface area contributed by atoms with Gasteiger partial charge in [0.25, 0.3) is 5.91 Å². The van der Waals surface area contributed by atoms with Crippen LogP contribution in [0.4, 0.5) is 4.79 Å². The van der Waals surface area contributed by atoms with Gasteiger partial charge in [0.1, 0.15) is 5.60 Å². The van der Waals surface area contributed by atoms with Crippen LogP contribution in [-0.4, -0.2) is 41.6 Å². The van der Waals surface area contributed by atoms with Crippen molar-refractivity contribution >= 4 is 46.8 Å². The molecule has 2 atom stereocenters. The quantitative estimate of drug-likeness (QED) is 0.620. The Hall–Kier alpha value is -1.95. The molecule has 0 bridgehead atoms. The molecule has 2 aromatic carbocycles. The second kappa shape index (κ2) is 9.04. The first-order chi connectivity index (χ1) is 14.0. The zero-order chi connectivity index (χ0) is 22.1. The number of carbonyl (C=O) groups excluding carboxylic acids is 2. The Labute approximate surface area is 191 Å². The predicted molar refractivity (Wildman–Crippen MR) is 120 cm³/mol. The van der Waals surface area contributed by atoms with E-state index in [0.29, 0.717) is 33.7 Å². The van der Waals surface area contributed by atoms with Crippen molar-refractivity contribution in [1.29, 1.82) is 0 Å². The maximum Gasteiger partial charge on any atom is 0.410 e. The number of likely N-dealkylation sites (tertiary alicyclic amines) is 1. The van der Waals surface area contributed by atoms with Crippen LogP contribution < -0.4 is 5.32 Å². The number of hydrogen-bond donors (Lipinski definition) is 1. The number of amides is 2. The van der Waals surface area contributed by atoms with Gasteiger partial charge in [-0.1, -0.05) is 40.9 Å². The number of ether oxygens (including phenoxy) is 1. The lowest BCUT2D eigenvalue weighted by Gasteiger charge is -2.24. The van der Waals surface area contributed by atoms with Gasteiger partial charge < -0.3 is 15.0 Å². The molecule has 0 aromatic heterocycles. The molecule has 30 heavy (non-hydrogen) atoms. The number of halogens is 3. The lowest BCUT2D eigenvalue weighted by Crippen LogP contribution is -2.41. The maximum atomic E-state index is 12.8. The SMILES string of the molecule is CC(C)(C)OC(=O)N1C[C@H](c2ccc(Cl)c(Cl)c2)[C@H](NC(=O)c2ccc(Cl)cc2)C1. The molecule has 8 heteroatoms. The Morgan fingerprint density at radius 3 is 2.27 bits per heavy atom. The molecular formula is C22H23Cl3N2O3. The van der Waals surface area contributed by atoms with E-state index in [1.54, 1.807) is 41.3 Å². The van der Waals surface area contributed by atoms with Crippen molar-refractivity contribution < 1.29 is 14.3 Å². The van der Waals surface area contributed by atoms with Gasteiger partial charge in [-0.2, -0.15) is 0 Å². The summed E-state index contributed by atoms with van der Waals surface area (Å²) < 4.78 is 5.51. The molecule has 3 rings (SSSR count). The van der Waals surface area contributed by atoms with E-state index in [9.17, 15) is 9.59 Å². The van der Waals surface area contributed by atoms with Gasteiger partial charge in [-0.25, -0.2) is 4.79 Å². The summed E-state index contributed by atoms with van der Waals surface area (Å²) in [5.74, 6) is -0.406. The summed E-state index contributed by atoms with van der Waals surface area (Å²) in [6.45, 7) is 6.16. The minimum Gasteiger partial charge on any atom is -0.444 e. The van der Waals surface area contributed by atoms with Crippen LogP contribution in [0.3, 0.4) is 0 Å². The highest BCUT2D eigenvalue weighted by Gasteiger charge is 2.39. The molecule has 1 aliphatic heterocycles. The predicted octanol–water partition coefficient (Wildman–Crippen LogP) is 5.78. The normalized spacial score (nSPS) is 18.9. The first kappa shape index (κ1) is 22.7. The molecule has 1 saturated heterocycles. The average molecular weight is 470 g/mol. The van der Waals surface area contributed by atoms with E-state index in [1.807, 2.05) is 26.8 Å². The number of nitrogens with one attached hydrogen (secondary N) is 1. The van der Waals surface area contributed by atoms with Crippen LogP contribution in [-0.2, 0) is 4.74 Å².